The number of benzene rings is 1. The first-order chi connectivity index (χ1) is 20.2. The molecule has 3 aliphatic rings. The van der Waals surface area contributed by atoms with Crippen molar-refractivity contribution in [2.24, 2.45) is 0 Å². The second-order valence-electron chi connectivity index (χ2n) is 12.7. The fourth-order valence-corrected chi connectivity index (χ4v) is 6.18. The van der Waals surface area contributed by atoms with E-state index in [9.17, 15) is 10.1 Å². The molecule has 0 aliphatic carbocycles. The highest BCUT2D eigenvalue weighted by molar-refractivity contribution is 5.69. The first-order valence-corrected chi connectivity index (χ1v) is 15.3. The SMILES string of the molecule is CN1CCC[C@H]1COc1nc2c(c(N3CCN(C(=O)OC(C)(C)C)[C@@H](CC#N)C3)n1)CCN(Cc1ccccc1)CC2. The summed E-state index contributed by atoms with van der Waals surface area (Å²) in [7, 11) is 2.14. The van der Waals surface area contributed by atoms with Gasteiger partial charge in [0, 0.05) is 57.3 Å². The van der Waals surface area contributed by atoms with E-state index in [-0.39, 0.29) is 18.6 Å². The Morgan fingerprint density at radius 2 is 1.83 bits per heavy atom. The highest BCUT2D eigenvalue weighted by Gasteiger charge is 2.35. The van der Waals surface area contributed by atoms with Gasteiger partial charge in [0.25, 0.3) is 0 Å². The summed E-state index contributed by atoms with van der Waals surface area (Å²) in [6.45, 7) is 11.5. The summed E-state index contributed by atoms with van der Waals surface area (Å²) in [4.78, 5) is 31.7. The average Bonchev–Trinajstić information content (AvgIpc) is 3.26. The van der Waals surface area contributed by atoms with Crippen molar-refractivity contribution >= 4 is 11.9 Å². The lowest BCUT2D eigenvalue weighted by atomic mass is 10.1. The van der Waals surface area contributed by atoms with E-state index < -0.39 is 5.60 Å². The minimum absolute atomic E-state index is 0.227. The maximum absolute atomic E-state index is 13.0. The van der Waals surface area contributed by atoms with E-state index in [1.807, 2.05) is 20.8 Å². The predicted octanol–water partition coefficient (Wildman–Crippen LogP) is 3.89. The molecule has 42 heavy (non-hydrogen) atoms. The van der Waals surface area contributed by atoms with Crippen molar-refractivity contribution in [2.75, 3.05) is 57.8 Å². The van der Waals surface area contributed by atoms with E-state index in [1.54, 1.807) is 4.90 Å². The molecule has 2 fully saturated rings. The molecule has 2 aromatic rings. The summed E-state index contributed by atoms with van der Waals surface area (Å²) >= 11 is 0. The quantitative estimate of drug-likeness (QED) is 0.487. The molecule has 0 unspecified atom stereocenters. The monoisotopic (exact) mass is 575 g/mol. The number of ether oxygens (including phenoxy) is 2. The Morgan fingerprint density at radius 1 is 1.05 bits per heavy atom. The molecular formula is C32H45N7O3. The van der Waals surface area contributed by atoms with Crippen LogP contribution in [0.4, 0.5) is 10.6 Å². The fraction of sp³-hybridized carbons (Fsp3) is 0.625. The van der Waals surface area contributed by atoms with E-state index in [4.69, 9.17) is 19.4 Å². The van der Waals surface area contributed by atoms with Gasteiger partial charge in [-0.2, -0.15) is 15.2 Å². The number of piperazine rings is 1. The van der Waals surface area contributed by atoms with Crippen LogP contribution in [0.2, 0.25) is 0 Å². The average molecular weight is 576 g/mol. The van der Waals surface area contributed by atoms with Gasteiger partial charge in [-0.25, -0.2) is 4.79 Å². The molecule has 2 saturated heterocycles. The molecule has 4 heterocycles. The number of rotatable bonds is 7. The van der Waals surface area contributed by atoms with E-state index in [0.29, 0.717) is 38.3 Å². The minimum Gasteiger partial charge on any atom is -0.462 e. The second-order valence-corrected chi connectivity index (χ2v) is 12.7. The van der Waals surface area contributed by atoms with Crippen molar-refractivity contribution in [3.05, 3.63) is 47.2 Å². The Bertz CT molecular complexity index is 1260. The molecule has 0 saturated carbocycles. The predicted molar refractivity (Wildman–Crippen MR) is 161 cm³/mol. The summed E-state index contributed by atoms with van der Waals surface area (Å²) in [5, 5.41) is 9.62. The normalized spacial score (nSPS) is 21.9. The zero-order valence-electron chi connectivity index (χ0n) is 25.6. The van der Waals surface area contributed by atoms with E-state index in [1.165, 1.54) is 12.0 Å². The lowest BCUT2D eigenvalue weighted by molar-refractivity contribution is 0.0144. The number of likely N-dealkylation sites (tertiary alicyclic amines) is 1. The molecule has 1 aromatic carbocycles. The zero-order valence-corrected chi connectivity index (χ0v) is 25.6. The largest absolute Gasteiger partial charge is 0.462 e. The lowest BCUT2D eigenvalue weighted by Gasteiger charge is -2.42. The summed E-state index contributed by atoms with van der Waals surface area (Å²) in [6.07, 6.45) is 3.80. The topological polar surface area (TPSA) is 98.1 Å². The first-order valence-electron chi connectivity index (χ1n) is 15.3. The van der Waals surface area contributed by atoms with Crippen LogP contribution in [0, 0.1) is 11.3 Å². The Labute approximate surface area is 250 Å². The van der Waals surface area contributed by atoms with Gasteiger partial charge in [-0.1, -0.05) is 30.3 Å². The van der Waals surface area contributed by atoms with Crippen LogP contribution in [-0.4, -0.2) is 101 Å². The van der Waals surface area contributed by atoms with Crippen LogP contribution in [-0.2, 0) is 24.1 Å². The van der Waals surface area contributed by atoms with Gasteiger partial charge in [-0.15, -0.1) is 0 Å². The third kappa shape index (κ3) is 7.50. The van der Waals surface area contributed by atoms with Crippen molar-refractivity contribution in [3.63, 3.8) is 0 Å². The maximum Gasteiger partial charge on any atom is 0.410 e. The van der Waals surface area contributed by atoms with Gasteiger partial charge >= 0.3 is 12.1 Å². The first kappa shape index (κ1) is 30.1. The number of nitriles is 1. The smallest absolute Gasteiger partial charge is 0.410 e. The molecule has 3 aliphatic heterocycles. The highest BCUT2D eigenvalue weighted by Crippen LogP contribution is 2.30. The number of amides is 1. The van der Waals surface area contributed by atoms with Crippen LogP contribution in [0.3, 0.4) is 0 Å². The number of hydrogen-bond donors (Lipinski definition) is 0. The number of hydrogen-bond acceptors (Lipinski definition) is 9. The Hall–Kier alpha value is -3.42. The molecular weight excluding hydrogens is 530 g/mol. The highest BCUT2D eigenvalue weighted by atomic mass is 16.6. The minimum atomic E-state index is -0.597. The van der Waals surface area contributed by atoms with Crippen molar-refractivity contribution in [2.45, 2.75) is 77.1 Å². The molecule has 10 heteroatoms. The molecule has 0 bridgehead atoms. The summed E-state index contributed by atoms with van der Waals surface area (Å²) in [6, 6.07) is 13.4. The van der Waals surface area contributed by atoms with Gasteiger partial charge in [0.1, 0.15) is 18.0 Å². The van der Waals surface area contributed by atoms with Gasteiger partial charge in [-0.3, -0.25) is 4.90 Å². The van der Waals surface area contributed by atoms with E-state index in [2.05, 4.69) is 58.1 Å². The van der Waals surface area contributed by atoms with E-state index in [0.717, 1.165) is 62.5 Å². The Morgan fingerprint density at radius 3 is 2.55 bits per heavy atom. The second kappa shape index (κ2) is 13.3. The third-order valence-corrected chi connectivity index (χ3v) is 8.46. The molecule has 5 rings (SSSR count). The van der Waals surface area contributed by atoms with Crippen molar-refractivity contribution < 1.29 is 14.3 Å². The van der Waals surface area contributed by atoms with Crippen LogP contribution in [0.5, 0.6) is 6.01 Å². The molecule has 1 aromatic heterocycles. The van der Waals surface area contributed by atoms with Gasteiger partial charge < -0.3 is 24.2 Å². The van der Waals surface area contributed by atoms with E-state index >= 15 is 0 Å². The number of carbonyl (C=O) groups is 1. The van der Waals surface area contributed by atoms with Crippen LogP contribution in [0.25, 0.3) is 0 Å². The number of nitrogens with zero attached hydrogens (tertiary/aromatic N) is 7. The molecule has 2 atom stereocenters. The van der Waals surface area contributed by atoms with Crippen molar-refractivity contribution in [1.29, 1.82) is 5.26 Å². The lowest BCUT2D eigenvalue weighted by Crippen LogP contribution is -2.56. The van der Waals surface area contributed by atoms with Crippen LogP contribution in [0.1, 0.15) is 56.9 Å². The summed E-state index contributed by atoms with van der Waals surface area (Å²) in [5.41, 5.74) is 2.90. The maximum atomic E-state index is 13.0. The number of fused-ring (bicyclic) bond motifs is 1. The van der Waals surface area contributed by atoms with Crippen molar-refractivity contribution in [3.8, 4) is 12.1 Å². The molecule has 0 radical (unpaired) electrons. The van der Waals surface area contributed by atoms with Crippen LogP contribution >= 0.6 is 0 Å². The third-order valence-electron chi connectivity index (χ3n) is 8.46. The van der Waals surface area contributed by atoms with Crippen LogP contribution in [0.15, 0.2) is 30.3 Å². The summed E-state index contributed by atoms with van der Waals surface area (Å²) < 4.78 is 11.9. The van der Waals surface area contributed by atoms with Gasteiger partial charge in [0.15, 0.2) is 0 Å². The number of anilines is 1. The molecule has 10 nitrogen and oxygen atoms in total. The number of aromatic nitrogens is 2. The molecule has 1 amide bonds. The Kier molecular flexibility index (Phi) is 9.49. The number of likely N-dealkylation sites (N-methyl/N-ethyl adjacent to an activating group) is 1. The van der Waals surface area contributed by atoms with Crippen LogP contribution < -0.4 is 9.64 Å². The number of carbonyl (C=O) groups excluding carboxylic acids is 1. The summed E-state index contributed by atoms with van der Waals surface area (Å²) in [5.74, 6) is 0.878. The molecule has 226 valence electrons. The van der Waals surface area contributed by atoms with Gasteiger partial charge in [0.05, 0.1) is 24.2 Å². The fourth-order valence-electron chi connectivity index (χ4n) is 6.18. The Balaban J connectivity index is 1.38. The zero-order chi connectivity index (χ0) is 29.7. The van der Waals surface area contributed by atoms with Gasteiger partial charge in [0.2, 0.25) is 0 Å². The van der Waals surface area contributed by atoms with Gasteiger partial charge in [-0.05, 0) is 59.2 Å². The standard InChI is InChI=1S/C32H45N7O3/c1-32(2,3)42-31(40)39-20-19-38(22-25(39)12-15-33)29-27-13-17-37(21-24-9-6-5-7-10-24)18-14-28(27)34-30(35-29)41-23-26-11-8-16-36(26)4/h5-7,9-10,25-26H,8,11-14,16-23H2,1-4H3/t25-,26-/m0/s1. The molecule has 0 N–H and O–H groups in total. The van der Waals surface area contributed by atoms with Crippen molar-refractivity contribution in [1.82, 2.24) is 24.7 Å². The molecule has 0 spiro atoms.